The number of aromatic nitrogens is 2. The lowest BCUT2D eigenvalue weighted by atomic mass is 10.2. The van der Waals surface area contributed by atoms with Crippen LogP contribution in [0, 0.1) is 11.3 Å². The van der Waals surface area contributed by atoms with Gasteiger partial charge >= 0.3 is 0 Å². The number of hydrogen-bond donors (Lipinski definition) is 2. The third-order valence-corrected chi connectivity index (χ3v) is 2.62. The summed E-state index contributed by atoms with van der Waals surface area (Å²) >= 11 is 0. The van der Waals surface area contributed by atoms with Gasteiger partial charge in [0, 0.05) is 25.3 Å². The molecule has 2 rings (SSSR count). The Balaban J connectivity index is 2.21. The minimum absolute atomic E-state index is 0.288. The van der Waals surface area contributed by atoms with Crippen LogP contribution in [0.15, 0.2) is 30.5 Å². The van der Waals surface area contributed by atoms with Crippen LogP contribution in [0.5, 0.6) is 0 Å². The molecule has 19 heavy (non-hydrogen) atoms. The molecule has 1 aromatic carbocycles. The Hall–Kier alpha value is -2.81. The number of benzene rings is 1. The first-order valence-corrected chi connectivity index (χ1v) is 5.64. The summed E-state index contributed by atoms with van der Waals surface area (Å²) in [5.41, 5.74) is 1.75. The Kier molecular flexibility index (Phi) is 3.48. The molecule has 0 unspecified atom stereocenters. The zero-order valence-corrected chi connectivity index (χ0v) is 10.6. The van der Waals surface area contributed by atoms with Gasteiger partial charge in [0.1, 0.15) is 17.5 Å². The highest BCUT2D eigenvalue weighted by Crippen LogP contribution is 2.15. The monoisotopic (exact) mass is 255 g/mol. The molecule has 0 aliphatic heterocycles. The van der Waals surface area contributed by atoms with E-state index in [-0.39, 0.29) is 5.91 Å². The van der Waals surface area contributed by atoms with Crippen LogP contribution in [0.4, 0.5) is 11.5 Å². The number of aromatic amines is 1. The van der Waals surface area contributed by atoms with Gasteiger partial charge in [-0.3, -0.25) is 9.89 Å². The van der Waals surface area contributed by atoms with E-state index in [1.54, 1.807) is 12.1 Å². The average Bonchev–Trinajstić information content (AvgIpc) is 2.86. The Labute approximate surface area is 110 Å². The lowest BCUT2D eigenvalue weighted by Gasteiger charge is -2.13. The van der Waals surface area contributed by atoms with E-state index in [9.17, 15) is 4.79 Å². The van der Waals surface area contributed by atoms with Crippen LogP contribution in [0.25, 0.3) is 0 Å². The number of amides is 1. The lowest BCUT2D eigenvalue weighted by Crippen LogP contribution is -2.15. The standard InChI is InChI=1S/C13H13N5O/c1-18(2)11-5-3-4-9(6-11)13(19)16-12-10(7-14)8-15-17-12/h3-6,8H,1-2H3,(H2,15,16,17,19). The number of hydrogen-bond acceptors (Lipinski definition) is 4. The van der Waals surface area contributed by atoms with Crippen molar-refractivity contribution in [3.05, 3.63) is 41.6 Å². The molecule has 0 radical (unpaired) electrons. The highest BCUT2D eigenvalue weighted by atomic mass is 16.1. The first kappa shape index (κ1) is 12.6. The van der Waals surface area contributed by atoms with E-state index in [4.69, 9.17) is 5.26 Å². The lowest BCUT2D eigenvalue weighted by molar-refractivity contribution is 0.102. The van der Waals surface area contributed by atoms with Crippen molar-refractivity contribution >= 4 is 17.4 Å². The summed E-state index contributed by atoms with van der Waals surface area (Å²) < 4.78 is 0. The van der Waals surface area contributed by atoms with Crippen LogP contribution >= 0.6 is 0 Å². The molecule has 0 atom stereocenters. The first-order valence-electron chi connectivity index (χ1n) is 5.64. The van der Waals surface area contributed by atoms with Crippen molar-refractivity contribution in [2.24, 2.45) is 0 Å². The van der Waals surface area contributed by atoms with Gasteiger partial charge in [0.15, 0.2) is 0 Å². The van der Waals surface area contributed by atoms with E-state index in [1.807, 2.05) is 37.2 Å². The van der Waals surface area contributed by atoms with Crippen molar-refractivity contribution in [3.8, 4) is 6.07 Å². The minimum atomic E-state index is -0.288. The zero-order valence-electron chi connectivity index (χ0n) is 10.6. The minimum Gasteiger partial charge on any atom is -0.378 e. The Morgan fingerprint density at radius 1 is 1.47 bits per heavy atom. The normalized spacial score (nSPS) is 9.74. The van der Waals surface area contributed by atoms with Gasteiger partial charge in [0.2, 0.25) is 0 Å². The number of anilines is 2. The summed E-state index contributed by atoms with van der Waals surface area (Å²) in [6.07, 6.45) is 1.37. The number of nitrogens with zero attached hydrogens (tertiary/aromatic N) is 3. The topological polar surface area (TPSA) is 84.8 Å². The van der Waals surface area contributed by atoms with Gasteiger partial charge in [-0.1, -0.05) is 6.07 Å². The first-order chi connectivity index (χ1) is 9.11. The fraction of sp³-hybridized carbons (Fsp3) is 0.154. The van der Waals surface area contributed by atoms with Gasteiger partial charge in [-0.25, -0.2) is 0 Å². The number of rotatable bonds is 3. The summed E-state index contributed by atoms with van der Waals surface area (Å²) in [6.45, 7) is 0. The van der Waals surface area contributed by atoms with Gasteiger partial charge in [-0.05, 0) is 18.2 Å². The summed E-state index contributed by atoms with van der Waals surface area (Å²) in [5, 5.41) is 17.8. The molecule has 1 amide bonds. The SMILES string of the molecule is CN(C)c1cccc(C(=O)Nc2[nH]ncc2C#N)c1. The van der Waals surface area contributed by atoms with Crippen LogP contribution in [-0.4, -0.2) is 30.2 Å². The molecule has 0 spiro atoms. The van der Waals surface area contributed by atoms with Crippen molar-refractivity contribution in [2.75, 3.05) is 24.3 Å². The molecule has 1 aromatic heterocycles. The molecule has 2 N–H and O–H groups in total. The van der Waals surface area contributed by atoms with E-state index >= 15 is 0 Å². The second-order valence-electron chi connectivity index (χ2n) is 4.17. The summed E-state index contributed by atoms with van der Waals surface area (Å²) in [5.74, 6) is 0.0206. The largest absolute Gasteiger partial charge is 0.378 e. The van der Waals surface area contributed by atoms with E-state index < -0.39 is 0 Å². The maximum Gasteiger partial charge on any atom is 0.256 e. The van der Waals surface area contributed by atoms with E-state index in [1.165, 1.54) is 6.20 Å². The molecule has 2 aromatic rings. The van der Waals surface area contributed by atoms with Gasteiger partial charge < -0.3 is 10.2 Å². The van der Waals surface area contributed by atoms with Crippen molar-refractivity contribution in [1.82, 2.24) is 10.2 Å². The molecule has 0 aliphatic carbocycles. The molecule has 1 heterocycles. The highest BCUT2D eigenvalue weighted by Gasteiger charge is 2.11. The van der Waals surface area contributed by atoms with E-state index in [2.05, 4.69) is 15.5 Å². The predicted molar refractivity (Wildman–Crippen MR) is 72.0 cm³/mol. The molecule has 0 saturated heterocycles. The van der Waals surface area contributed by atoms with Crippen molar-refractivity contribution < 1.29 is 4.79 Å². The van der Waals surface area contributed by atoms with Crippen molar-refractivity contribution in [3.63, 3.8) is 0 Å². The van der Waals surface area contributed by atoms with Crippen LogP contribution < -0.4 is 10.2 Å². The van der Waals surface area contributed by atoms with Crippen LogP contribution in [-0.2, 0) is 0 Å². The summed E-state index contributed by atoms with van der Waals surface area (Å²) in [7, 11) is 3.80. The molecular formula is C13H13N5O. The maximum absolute atomic E-state index is 12.1. The van der Waals surface area contributed by atoms with Gasteiger partial charge in [-0.2, -0.15) is 10.4 Å². The number of nitrogens with one attached hydrogen (secondary N) is 2. The Bertz CT molecular complexity index is 638. The fourth-order valence-corrected chi connectivity index (χ4v) is 1.58. The smallest absolute Gasteiger partial charge is 0.256 e. The van der Waals surface area contributed by atoms with Crippen LogP contribution in [0.2, 0.25) is 0 Å². The Morgan fingerprint density at radius 2 is 2.26 bits per heavy atom. The third kappa shape index (κ3) is 2.72. The van der Waals surface area contributed by atoms with Crippen LogP contribution in [0.1, 0.15) is 15.9 Å². The van der Waals surface area contributed by atoms with Crippen molar-refractivity contribution in [2.45, 2.75) is 0 Å². The van der Waals surface area contributed by atoms with E-state index in [0.29, 0.717) is 16.9 Å². The van der Waals surface area contributed by atoms with Crippen molar-refractivity contribution in [1.29, 1.82) is 5.26 Å². The molecular weight excluding hydrogens is 242 g/mol. The van der Waals surface area contributed by atoms with Gasteiger partial charge in [0.25, 0.3) is 5.91 Å². The quantitative estimate of drug-likeness (QED) is 0.872. The molecule has 6 heteroatoms. The molecule has 6 nitrogen and oxygen atoms in total. The summed E-state index contributed by atoms with van der Waals surface area (Å²) in [4.78, 5) is 14.0. The third-order valence-electron chi connectivity index (χ3n) is 2.62. The highest BCUT2D eigenvalue weighted by molar-refractivity contribution is 6.04. The fourth-order valence-electron chi connectivity index (χ4n) is 1.58. The molecule has 96 valence electrons. The number of carbonyl (C=O) groups excluding carboxylic acids is 1. The maximum atomic E-state index is 12.1. The number of nitriles is 1. The molecule has 0 bridgehead atoms. The van der Waals surface area contributed by atoms with Gasteiger partial charge in [-0.15, -0.1) is 0 Å². The predicted octanol–water partition coefficient (Wildman–Crippen LogP) is 1.60. The second-order valence-corrected chi connectivity index (χ2v) is 4.17. The zero-order chi connectivity index (χ0) is 13.8. The van der Waals surface area contributed by atoms with Gasteiger partial charge in [0.05, 0.1) is 6.20 Å². The van der Waals surface area contributed by atoms with Crippen LogP contribution in [0.3, 0.4) is 0 Å². The molecule has 0 aliphatic rings. The average molecular weight is 255 g/mol. The van der Waals surface area contributed by atoms with E-state index in [0.717, 1.165) is 5.69 Å². The number of carbonyl (C=O) groups is 1. The summed E-state index contributed by atoms with van der Waals surface area (Å²) in [6, 6.07) is 9.15. The number of H-pyrrole nitrogens is 1. The second kappa shape index (κ2) is 5.23. The molecule has 0 fully saturated rings. The Morgan fingerprint density at radius 3 is 2.95 bits per heavy atom. The molecule has 0 saturated carbocycles.